The number of aryl methyl sites for hydroxylation is 1. The number of pyridine rings is 1. The van der Waals surface area contributed by atoms with Crippen LogP contribution in [0.4, 0.5) is 17.3 Å². The molecule has 6 heteroatoms. The summed E-state index contributed by atoms with van der Waals surface area (Å²) in [6.07, 6.45) is 5.79. The SMILES string of the molecule is CNc1ccc(C)c(N(C=O)c2nccc(-c3cccnc3)n2)c1. The topological polar surface area (TPSA) is 71.0 Å². The molecule has 0 unspecified atom stereocenters. The van der Waals surface area contributed by atoms with Crippen molar-refractivity contribution in [3.8, 4) is 11.3 Å². The number of rotatable bonds is 5. The number of nitrogens with zero attached hydrogens (tertiary/aromatic N) is 4. The molecule has 2 aromatic heterocycles. The van der Waals surface area contributed by atoms with Crippen LogP contribution >= 0.6 is 0 Å². The van der Waals surface area contributed by atoms with Crippen molar-refractivity contribution in [2.75, 3.05) is 17.3 Å². The Bertz CT molecular complexity index is 851. The first-order chi connectivity index (χ1) is 11.7. The quantitative estimate of drug-likeness (QED) is 0.731. The maximum Gasteiger partial charge on any atom is 0.237 e. The first kappa shape index (κ1) is 15.6. The molecule has 0 aliphatic carbocycles. The lowest BCUT2D eigenvalue weighted by atomic mass is 10.1. The van der Waals surface area contributed by atoms with E-state index in [4.69, 9.17) is 0 Å². The number of amides is 1. The molecule has 0 aliphatic rings. The number of carbonyl (C=O) groups is 1. The number of nitrogens with one attached hydrogen (secondary N) is 1. The third-order valence-electron chi connectivity index (χ3n) is 3.68. The summed E-state index contributed by atoms with van der Waals surface area (Å²) in [5.41, 5.74) is 4.18. The molecule has 0 saturated heterocycles. The third kappa shape index (κ3) is 3.08. The van der Waals surface area contributed by atoms with Crippen LogP contribution in [-0.2, 0) is 4.79 Å². The highest BCUT2D eigenvalue weighted by Gasteiger charge is 2.15. The molecule has 0 spiro atoms. The lowest BCUT2D eigenvalue weighted by molar-refractivity contribution is -0.106. The van der Waals surface area contributed by atoms with Crippen molar-refractivity contribution in [3.05, 3.63) is 60.6 Å². The number of aromatic nitrogens is 3. The van der Waals surface area contributed by atoms with Crippen LogP contribution < -0.4 is 10.2 Å². The summed E-state index contributed by atoms with van der Waals surface area (Å²) in [7, 11) is 1.83. The fraction of sp³-hybridized carbons (Fsp3) is 0.111. The molecule has 3 aromatic rings. The summed E-state index contributed by atoms with van der Waals surface area (Å²) in [5, 5.41) is 3.07. The minimum Gasteiger partial charge on any atom is -0.388 e. The van der Waals surface area contributed by atoms with Crippen LogP contribution in [0.25, 0.3) is 11.3 Å². The van der Waals surface area contributed by atoms with Crippen molar-refractivity contribution in [2.45, 2.75) is 6.92 Å². The van der Waals surface area contributed by atoms with Crippen LogP contribution in [0.3, 0.4) is 0 Å². The summed E-state index contributed by atoms with van der Waals surface area (Å²) < 4.78 is 0. The molecule has 0 saturated carbocycles. The number of hydrogen-bond donors (Lipinski definition) is 1. The molecule has 0 fully saturated rings. The zero-order chi connectivity index (χ0) is 16.9. The maximum atomic E-state index is 11.7. The van der Waals surface area contributed by atoms with E-state index < -0.39 is 0 Å². The Hall–Kier alpha value is -3.28. The lowest BCUT2D eigenvalue weighted by Crippen LogP contribution is -2.18. The van der Waals surface area contributed by atoms with Crippen molar-refractivity contribution in [2.24, 2.45) is 0 Å². The zero-order valence-corrected chi connectivity index (χ0v) is 13.5. The van der Waals surface area contributed by atoms with E-state index in [0.29, 0.717) is 11.6 Å². The highest BCUT2D eigenvalue weighted by atomic mass is 16.1. The van der Waals surface area contributed by atoms with Gasteiger partial charge >= 0.3 is 0 Å². The molecule has 3 rings (SSSR count). The highest BCUT2D eigenvalue weighted by Crippen LogP contribution is 2.28. The molecule has 120 valence electrons. The van der Waals surface area contributed by atoms with Gasteiger partial charge in [0.2, 0.25) is 12.4 Å². The third-order valence-corrected chi connectivity index (χ3v) is 3.68. The Morgan fingerprint density at radius 3 is 2.75 bits per heavy atom. The van der Waals surface area contributed by atoms with E-state index in [0.717, 1.165) is 28.9 Å². The molecule has 1 amide bonds. The molecule has 1 N–H and O–H groups in total. The Morgan fingerprint density at radius 1 is 1.17 bits per heavy atom. The van der Waals surface area contributed by atoms with Gasteiger partial charge in [0.25, 0.3) is 0 Å². The van der Waals surface area contributed by atoms with Crippen molar-refractivity contribution in [3.63, 3.8) is 0 Å². The zero-order valence-electron chi connectivity index (χ0n) is 13.5. The predicted octanol–water partition coefficient (Wildman–Crippen LogP) is 3.18. The Labute approximate surface area is 140 Å². The Morgan fingerprint density at radius 2 is 2.04 bits per heavy atom. The summed E-state index contributed by atoms with van der Waals surface area (Å²) in [5.74, 6) is 0.322. The smallest absolute Gasteiger partial charge is 0.237 e. The van der Waals surface area contributed by atoms with Gasteiger partial charge in [0.05, 0.1) is 11.4 Å². The van der Waals surface area contributed by atoms with Gasteiger partial charge in [-0.2, -0.15) is 0 Å². The van der Waals surface area contributed by atoms with Gasteiger partial charge in [-0.1, -0.05) is 6.07 Å². The molecule has 2 heterocycles. The van der Waals surface area contributed by atoms with Crippen LogP contribution in [0, 0.1) is 6.92 Å². The summed E-state index contributed by atoms with van der Waals surface area (Å²) >= 11 is 0. The van der Waals surface area contributed by atoms with Gasteiger partial charge in [0.15, 0.2) is 0 Å². The van der Waals surface area contributed by atoms with Crippen LogP contribution in [0.1, 0.15) is 5.56 Å². The van der Waals surface area contributed by atoms with Crippen LogP contribution in [0.5, 0.6) is 0 Å². The van der Waals surface area contributed by atoms with Gasteiger partial charge in [-0.15, -0.1) is 0 Å². The van der Waals surface area contributed by atoms with Gasteiger partial charge in [0, 0.05) is 36.9 Å². The molecule has 1 aromatic carbocycles. The summed E-state index contributed by atoms with van der Waals surface area (Å²) in [4.78, 5) is 26.0. The average molecular weight is 319 g/mol. The lowest BCUT2D eigenvalue weighted by Gasteiger charge is -2.19. The van der Waals surface area contributed by atoms with Crippen molar-refractivity contribution in [1.82, 2.24) is 15.0 Å². The van der Waals surface area contributed by atoms with Crippen LogP contribution in [0.15, 0.2) is 55.0 Å². The van der Waals surface area contributed by atoms with E-state index in [9.17, 15) is 4.79 Å². The normalized spacial score (nSPS) is 10.2. The van der Waals surface area contributed by atoms with E-state index in [1.807, 2.05) is 44.3 Å². The van der Waals surface area contributed by atoms with E-state index in [1.54, 1.807) is 24.7 Å². The average Bonchev–Trinajstić information content (AvgIpc) is 2.65. The number of benzene rings is 1. The number of carbonyl (C=O) groups excluding carboxylic acids is 1. The molecule has 0 aliphatic heterocycles. The fourth-order valence-electron chi connectivity index (χ4n) is 2.38. The van der Waals surface area contributed by atoms with Crippen molar-refractivity contribution < 1.29 is 4.79 Å². The largest absolute Gasteiger partial charge is 0.388 e. The standard InChI is InChI=1S/C18H17N5O/c1-13-5-6-15(19-2)10-17(13)23(12-24)18-21-9-7-16(22-18)14-4-3-8-20-11-14/h3-12,19H,1-2H3. The maximum absolute atomic E-state index is 11.7. The molecule has 0 atom stereocenters. The predicted molar refractivity (Wildman–Crippen MR) is 94.2 cm³/mol. The van der Waals surface area contributed by atoms with Crippen molar-refractivity contribution >= 4 is 23.7 Å². The summed E-state index contributed by atoms with van der Waals surface area (Å²) in [6.45, 7) is 1.94. The van der Waals surface area contributed by atoms with Crippen molar-refractivity contribution in [1.29, 1.82) is 0 Å². The first-order valence-electron chi connectivity index (χ1n) is 7.49. The number of hydrogen-bond acceptors (Lipinski definition) is 5. The van der Waals surface area contributed by atoms with Gasteiger partial charge < -0.3 is 5.32 Å². The van der Waals surface area contributed by atoms with E-state index in [2.05, 4.69) is 20.3 Å². The van der Waals surface area contributed by atoms with Gasteiger partial charge in [0.1, 0.15) is 0 Å². The second-order valence-electron chi connectivity index (χ2n) is 5.21. The molecule has 6 nitrogen and oxygen atoms in total. The van der Waals surface area contributed by atoms with Gasteiger partial charge in [-0.25, -0.2) is 9.97 Å². The van der Waals surface area contributed by atoms with Gasteiger partial charge in [-0.05, 0) is 42.8 Å². The van der Waals surface area contributed by atoms with E-state index in [-0.39, 0.29) is 0 Å². The van der Waals surface area contributed by atoms with Gasteiger partial charge in [-0.3, -0.25) is 14.7 Å². The monoisotopic (exact) mass is 319 g/mol. The van der Waals surface area contributed by atoms with Crippen LogP contribution in [0.2, 0.25) is 0 Å². The highest BCUT2D eigenvalue weighted by molar-refractivity contribution is 5.86. The Kier molecular flexibility index (Phi) is 4.47. The van der Waals surface area contributed by atoms with E-state index >= 15 is 0 Å². The number of anilines is 3. The minimum atomic E-state index is 0.322. The molecule has 0 radical (unpaired) electrons. The molecule has 24 heavy (non-hydrogen) atoms. The van der Waals surface area contributed by atoms with Crippen LogP contribution in [-0.4, -0.2) is 28.4 Å². The minimum absolute atomic E-state index is 0.322. The second-order valence-corrected chi connectivity index (χ2v) is 5.21. The second kappa shape index (κ2) is 6.87. The molecular formula is C18H17N5O. The first-order valence-corrected chi connectivity index (χ1v) is 7.49. The fourth-order valence-corrected chi connectivity index (χ4v) is 2.38. The molecule has 0 bridgehead atoms. The Balaban J connectivity index is 2.05. The van der Waals surface area contributed by atoms with E-state index in [1.165, 1.54) is 4.90 Å². The summed E-state index contributed by atoms with van der Waals surface area (Å²) in [6, 6.07) is 11.3. The molecular weight excluding hydrogens is 302 g/mol.